The first kappa shape index (κ1) is 17.1. The van der Waals surface area contributed by atoms with E-state index in [1.807, 2.05) is 30.3 Å². The summed E-state index contributed by atoms with van der Waals surface area (Å²) in [5.41, 5.74) is 1.08. The maximum Gasteiger partial charge on any atom is 0.410 e. The smallest absolute Gasteiger partial charge is 0.410 e. The molecule has 3 rings (SSSR count). The van der Waals surface area contributed by atoms with Crippen molar-refractivity contribution >= 4 is 11.9 Å². The van der Waals surface area contributed by atoms with Crippen LogP contribution in [0, 0.1) is 11.6 Å². The Labute approximate surface area is 144 Å². The van der Waals surface area contributed by atoms with Gasteiger partial charge in [-0.2, -0.15) is 0 Å². The molecule has 1 amide bonds. The van der Waals surface area contributed by atoms with Crippen molar-refractivity contribution in [1.82, 2.24) is 4.90 Å². The average molecular weight is 345 g/mol. The molecule has 1 unspecified atom stereocenters. The summed E-state index contributed by atoms with van der Waals surface area (Å²) in [5.74, 6) is -1.54. The maximum atomic E-state index is 13.5. The Morgan fingerprint density at radius 2 is 1.80 bits per heavy atom. The Morgan fingerprint density at radius 3 is 2.48 bits per heavy atom. The van der Waals surface area contributed by atoms with Crippen LogP contribution in [0.2, 0.25) is 0 Å². The summed E-state index contributed by atoms with van der Waals surface area (Å²) in [6.45, 7) is 0.254. The van der Waals surface area contributed by atoms with Crippen molar-refractivity contribution in [2.24, 2.45) is 0 Å². The number of carbonyl (C=O) groups excluding carboxylic acids is 2. The van der Waals surface area contributed by atoms with Gasteiger partial charge in [-0.25, -0.2) is 13.6 Å². The van der Waals surface area contributed by atoms with E-state index < -0.39 is 23.8 Å². The number of Topliss-reactive ketones (excluding diaryl/α,β-unsaturated/α-hetero) is 1. The number of ketones is 1. The summed E-state index contributed by atoms with van der Waals surface area (Å²) in [6.07, 6.45) is -0.385. The van der Waals surface area contributed by atoms with E-state index in [0.717, 1.165) is 23.8 Å². The number of likely N-dealkylation sites (tertiary alicyclic amines) is 1. The molecule has 0 aromatic heterocycles. The number of ether oxygens (including phenoxy) is 1. The molecule has 0 bridgehead atoms. The molecule has 0 aliphatic carbocycles. The summed E-state index contributed by atoms with van der Waals surface area (Å²) < 4.78 is 32.3. The first-order valence-corrected chi connectivity index (χ1v) is 7.98. The molecule has 25 heavy (non-hydrogen) atoms. The Kier molecular flexibility index (Phi) is 5.07. The third-order valence-electron chi connectivity index (χ3n) is 4.14. The summed E-state index contributed by atoms with van der Waals surface area (Å²) in [7, 11) is 0. The predicted molar refractivity (Wildman–Crippen MR) is 86.7 cm³/mol. The number of hydrogen-bond acceptors (Lipinski definition) is 3. The number of nitrogens with zero attached hydrogens (tertiary/aromatic N) is 1. The van der Waals surface area contributed by atoms with Crippen molar-refractivity contribution < 1.29 is 23.1 Å². The van der Waals surface area contributed by atoms with Crippen LogP contribution in [-0.2, 0) is 16.1 Å². The summed E-state index contributed by atoms with van der Waals surface area (Å²) in [4.78, 5) is 25.6. The fraction of sp³-hybridized carbons (Fsp3) is 0.263. The van der Waals surface area contributed by atoms with E-state index in [0.29, 0.717) is 0 Å². The van der Waals surface area contributed by atoms with Gasteiger partial charge in [0, 0.05) is 25.5 Å². The lowest BCUT2D eigenvalue weighted by Gasteiger charge is -2.34. The van der Waals surface area contributed by atoms with Crippen LogP contribution in [0.25, 0.3) is 0 Å². The van der Waals surface area contributed by atoms with Crippen molar-refractivity contribution in [3.63, 3.8) is 0 Å². The number of halogens is 2. The number of hydrogen-bond donors (Lipinski definition) is 0. The van der Waals surface area contributed by atoms with Gasteiger partial charge in [-0.15, -0.1) is 0 Å². The standard InChI is InChI=1S/C19H17F2NO3/c20-15-8-14(9-16(21)10-15)18-11-17(23)6-7-22(18)19(24)25-12-13-4-2-1-3-5-13/h1-5,8-10,18H,6-7,11-12H2. The van der Waals surface area contributed by atoms with Gasteiger partial charge in [-0.1, -0.05) is 30.3 Å². The lowest BCUT2D eigenvalue weighted by atomic mass is 9.94. The van der Waals surface area contributed by atoms with Crippen LogP contribution in [0.3, 0.4) is 0 Å². The van der Waals surface area contributed by atoms with E-state index in [-0.39, 0.29) is 37.3 Å². The van der Waals surface area contributed by atoms with Gasteiger partial charge < -0.3 is 9.64 Å². The minimum Gasteiger partial charge on any atom is -0.445 e. The first-order valence-electron chi connectivity index (χ1n) is 7.98. The third-order valence-corrected chi connectivity index (χ3v) is 4.14. The van der Waals surface area contributed by atoms with E-state index in [1.165, 1.54) is 4.90 Å². The maximum absolute atomic E-state index is 13.5. The minimum absolute atomic E-state index is 0.0172. The van der Waals surface area contributed by atoms with E-state index in [4.69, 9.17) is 4.74 Å². The number of amides is 1. The molecular weight excluding hydrogens is 328 g/mol. The molecule has 0 radical (unpaired) electrons. The quantitative estimate of drug-likeness (QED) is 0.844. The normalized spacial score (nSPS) is 17.4. The lowest BCUT2D eigenvalue weighted by Crippen LogP contribution is -2.41. The fourth-order valence-corrected chi connectivity index (χ4v) is 2.91. The molecule has 1 fully saturated rings. The topological polar surface area (TPSA) is 46.6 Å². The zero-order valence-corrected chi connectivity index (χ0v) is 13.5. The number of rotatable bonds is 3. The second kappa shape index (κ2) is 7.42. The second-order valence-electron chi connectivity index (χ2n) is 5.94. The van der Waals surface area contributed by atoms with E-state index >= 15 is 0 Å². The molecule has 0 N–H and O–H groups in total. The summed E-state index contributed by atoms with van der Waals surface area (Å²) >= 11 is 0. The zero-order chi connectivity index (χ0) is 17.8. The Hall–Kier alpha value is -2.76. The van der Waals surface area contributed by atoms with Crippen LogP contribution in [0.5, 0.6) is 0 Å². The van der Waals surface area contributed by atoms with Crippen LogP contribution >= 0.6 is 0 Å². The van der Waals surface area contributed by atoms with Gasteiger partial charge in [0.05, 0.1) is 6.04 Å². The van der Waals surface area contributed by atoms with Crippen LogP contribution in [0.15, 0.2) is 48.5 Å². The molecule has 1 aliphatic rings. The predicted octanol–water partition coefficient (Wildman–Crippen LogP) is 4.01. The Bertz CT molecular complexity index is 759. The van der Waals surface area contributed by atoms with Gasteiger partial charge in [0.2, 0.25) is 0 Å². The minimum atomic E-state index is -0.745. The molecule has 1 aliphatic heterocycles. The molecule has 2 aromatic carbocycles. The van der Waals surface area contributed by atoms with Gasteiger partial charge in [0.15, 0.2) is 0 Å². The molecule has 0 spiro atoms. The van der Waals surface area contributed by atoms with Crippen LogP contribution in [-0.4, -0.2) is 23.3 Å². The van der Waals surface area contributed by atoms with Crippen LogP contribution in [0.4, 0.5) is 13.6 Å². The molecule has 2 aromatic rings. The van der Waals surface area contributed by atoms with Crippen molar-refractivity contribution in [3.8, 4) is 0 Å². The SMILES string of the molecule is O=C1CCN(C(=O)OCc2ccccc2)C(c2cc(F)cc(F)c2)C1. The molecule has 1 heterocycles. The van der Waals surface area contributed by atoms with E-state index in [2.05, 4.69) is 0 Å². The number of piperidine rings is 1. The number of carbonyl (C=O) groups is 2. The zero-order valence-electron chi connectivity index (χ0n) is 13.5. The summed E-state index contributed by atoms with van der Waals surface area (Å²) in [6, 6.07) is 11.5. The summed E-state index contributed by atoms with van der Waals surface area (Å²) in [5, 5.41) is 0. The van der Waals surface area contributed by atoms with Gasteiger partial charge in [0.25, 0.3) is 0 Å². The molecular formula is C19H17F2NO3. The molecule has 4 nitrogen and oxygen atoms in total. The molecule has 0 saturated carbocycles. The highest BCUT2D eigenvalue weighted by Gasteiger charge is 2.33. The highest BCUT2D eigenvalue weighted by Crippen LogP contribution is 2.31. The molecule has 6 heteroatoms. The van der Waals surface area contributed by atoms with Crippen molar-refractivity contribution in [2.75, 3.05) is 6.54 Å². The van der Waals surface area contributed by atoms with Gasteiger partial charge in [-0.3, -0.25) is 4.79 Å². The largest absolute Gasteiger partial charge is 0.445 e. The van der Waals surface area contributed by atoms with Gasteiger partial charge in [-0.05, 0) is 23.3 Å². The second-order valence-corrected chi connectivity index (χ2v) is 5.94. The highest BCUT2D eigenvalue weighted by molar-refractivity contribution is 5.82. The molecule has 1 saturated heterocycles. The monoisotopic (exact) mass is 345 g/mol. The van der Waals surface area contributed by atoms with E-state index in [9.17, 15) is 18.4 Å². The van der Waals surface area contributed by atoms with Gasteiger partial charge >= 0.3 is 6.09 Å². The molecule has 1 atom stereocenters. The van der Waals surface area contributed by atoms with Crippen LogP contribution < -0.4 is 0 Å². The van der Waals surface area contributed by atoms with Crippen molar-refractivity contribution in [3.05, 3.63) is 71.3 Å². The fourth-order valence-electron chi connectivity index (χ4n) is 2.91. The van der Waals surface area contributed by atoms with Crippen LogP contribution in [0.1, 0.15) is 30.0 Å². The van der Waals surface area contributed by atoms with Gasteiger partial charge in [0.1, 0.15) is 24.0 Å². The Balaban J connectivity index is 1.77. The number of benzene rings is 2. The first-order chi connectivity index (χ1) is 12.0. The lowest BCUT2D eigenvalue weighted by molar-refractivity contribution is -0.122. The van der Waals surface area contributed by atoms with Crippen molar-refractivity contribution in [2.45, 2.75) is 25.5 Å². The van der Waals surface area contributed by atoms with Crippen molar-refractivity contribution in [1.29, 1.82) is 0 Å². The molecule has 130 valence electrons. The highest BCUT2D eigenvalue weighted by atomic mass is 19.1. The Morgan fingerprint density at radius 1 is 1.12 bits per heavy atom. The van der Waals surface area contributed by atoms with E-state index in [1.54, 1.807) is 0 Å². The average Bonchev–Trinajstić information content (AvgIpc) is 2.59. The third kappa shape index (κ3) is 4.21.